The number of nitrogens with one attached hydrogen (secondary N) is 1. The summed E-state index contributed by atoms with van der Waals surface area (Å²) in [5.74, 6) is 0.312. The Morgan fingerprint density at radius 3 is 2.47 bits per heavy atom. The van der Waals surface area contributed by atoms with Gasteiger partial charge in [-0.3, -0.25) is 0 Å². The van der Waals surface area contributed by atoms with E-state index in [-0.39, 0.29) is 11.3 Å². The molecule has 0 bridgehead atoms. The van der Waals surface area contributed by atoms with Crippen molar-refractivity contribution in [2.45, 2.75) is 50.8 Å². The van der Waals surface area contributed by atoms with Gasteiger partial charge in [0.1, 0.15) is 0 Å². The van der Waals surface area contributed by atoms with Gasteiger partial charge in [-0.25, -0.2) is 13.1 Å². The molecule has 3 N–H and O–H groups in total. The van der Waals surface area contributed by atoms with Crippen molar-refractivity contribution >= 4 is 10.0 Å². The lowest BCUT2D eigenvalue weighted by Gasteiger charge is -2.28. The first kappa shape index (κ1) is 12.9. The summed E-state index contributed by atoms with van der Waals surface area (Å²) in [7, 11) is -3.13. The number of hydrogen-bond donors (Lipinski definition) is 2. The van der Waals surface area contributed by atoms with E-state index in [2.05, 4.69) is 4.72 Å². The average molecular weight is 234 g/mol. The van der Waals surface area contributed by atoms with E-state index in [1.807, 2.05) is 0 Å². The predicted octanol–water partition coefficient (Wildman–Crippen LogP) is 0.832. The number of sulfonamides is 1. The SMILES string of the molecule is CC(C)S(=O)(=O)NCC1CCCCC1N. The molecule has 0 spiro atoms. The number of hydrogen-bond acceptors (Lipinski definition) is 3. The highest BCUT2D eigenvalue weighted by molar-refractivity contribution is 7.90. The van der Waals surface area contributed by atoms with E-state index in [9.17, 15) is 8.42 Å². The fraction of sp³-hybridized carbons (Fsp3) is 1.00. The van der Waals surface area contributed by atoms with Gasteiger partial charge in [0.05, 0.1) is 5.25 Å². The summed E-state index contributed by atoms with van der Waals surface area (Å²) in [5.41, 5.74) is 5.95. The molecule has 0 saturated heterocycles. The Kier molecular flexibility index (Phi) is 4.55. The molecule has 0 aromatic rings. The molecule has 1 fully saturated rings. The topological polar surface area (TPSA) is 72.2 Å². The summed E-state index contributed by atoms with van der Waals surface area (Å²) >= 11 is 0. The third-order valence-corrected chi connectivity index (χ3v) is 4.95. The fourth-order valence-corrected chi connectivity index (χ4v) is 2.66. The van der Waals surface area contributed by atoms with E-state index < -0.39 is 10.0 Å². The molecule has 90 valence electrons. The zero-order chi connectivity index (χ0) is 11.5. The molecule has 1 aliphatic rings. The van der Waals surface area contributed by atoms with Crippen LogP contribution in [0.1, 0.15) is 39.5 Å². The monoisotopic (exact) mass is 234 g/mol. The second-order valence-electron chi connectivity index (χ2n) is 4.65. The second-order valence-corrected chi connectivity index (χ2v) is 6.97. The van der Waals surface area contributed by atoms with Gasteiger partial charge in [0.25, 0.3) is 0 Å². The van der Waals surface area contributed by atoms with Crippen LogP contribution in [0.25, 0.3) is 0 Å². The molecule has 15 heavy (non-hydrogen) atoms. The first-order valence-electron chi connectivity index (χ1n) is 5.67. The molecule has 1 aliphatic carbocycles. The Hall–Kier alpha value is -0.130. The molecule has 0 aromatic carbocycles. The van der Waals surface area contributed by atoms with Gasteiger partial charge in [-0.05, 0) is 32.6 Å². The van der Waals surface area contributed by atoms with Gasteiger partial charge in [0.15, 0.2) is 0 Å². The van der Waals surface area contributed by atoms with Crippen LogP contribution >= 0.6 is 0 Å². The van der Waals surface area contributed by atoms with E-state index in [4.69, 9.17) is 5.73 Å². The fourth-order valence-electron chi connectivity index (χ4n) is 1.88. The van der Waals surface area contributed by atoms with Crippen LogP contribution in [0, 0.1) is 5.92 Å². The third-order valence-electron chi connectivity index (χ3n) is 3.14. The summed E-state index contributed by atoms with van der Waals surface area (Å²) in [6, 6.07) is 0.161. The normalized spacial score (nSPS) is 28.3. The van der Waals surface area contributed by atoms with Crippen molar-refractivity contribution in [2.24, 2.45) is 11.7 Å². The highest BCUT2D eigenvalue weighted by Gasteiger charge is 2.24. The summed E-state index contributed by atoms with van der Waals surface area (Å²) in [4.78, 5) is 0. The maximum Gasteiger partial charge on any atom is 0.213 e. The van der Waals surface area contributed by atoms with Crippen LogP contribution < -0.4 is 10.5 Å². The van der Waals surface area contributed by atoms with Gasteiger partial charge in [-0.15, -0.1) is 0 Å². The Balaban J connectivity index is 2.42. The average Bonchev–Trinajstić information content (AvgIpc) is 2.16. The minimum Gasteiger partial charge on any atom is -0.327 e. The van der Waals surface area contributed by atoms with Gasteiger partial charge in [0, 0.05) is 12.6 Å². The van der Waals surface area contributed by atoms with Crippen molar-refractivity contribution in [3.05, 3.63) is 0 Å². The molecule has 0 aliphatic heterocycles. The summed E-state index contributed by atoms with van der Waals surface area (Å²) in [5, 5.41) is -0.364. The predicted molar refractivity (Wildman–Crippen MR) is 62.0 cm³/mol. The van der Waals surface area contributed by atoms with Crippen molar-refractivity contribution in [1.82, 2.24) is 4.72 Å². The zero-order valence-electron chi connectivity index (χ0n) is 9.57. The Morgan fingerprint density at radius 2 is 1.93 bits per heavy atom. The van der Waals surface area contributed by atoms with Crippen molar-refractivity contribution in [3.63, 3.8) is 0 Å². The van der Waals surface area contributed by atoms with Crippen LogP contribution in [-0.4, -0.2) is 26.3 Å². The van der Waals surface area contributed by atoms with E-state index in [0.717, 1.165) is 12.8 Å². The lowest BCUT2D eigenvalue weighted by atomic mass is 9.85. The van der Waals surface area contributed by atoms with Crippen LogP contribution in [-0.2, 0) is 10.0 Å². The molecule has 0 amide bonds. The molecule has 0 aromatic heterocycles. The molecule has 0 heterocycles. The summed E-state index contributed by atoms with van der Waals surface area (Å²) in [6.07, 6.45) is 4.41. The lowest BCUT2D eigenvalue weighted by Crippen LogP contribution is -2.42. The molecule has 2 atom stereocenters. The Morgan fingerprint density at radius 1 is 1.33 bits per heavy atom. The molecule has 0 radical (unpaired) electrons. The number of nitrogens with two attached hydrogens (primary N) is 1. The van der Waals surface area contributed by atoms with E-state index in [1.165, 1.54) is 12.8 Å². The first-order chi connectivity index (χ1) is 6.93. The highest BCUT2D eigenvalue weighted by atomic mass is 32.2. The minimum absolute atomic E-state index is 0.161. The largest absolute Gasteiger partial charge is 0.327 e. The Bertz CT molecular complexity index is 288. The van der Waals surface area contributed by atoms with Crippen LogP contribution in [0.2, 0.25) is 0 Å². The standard InChI is InChI=1S/C10H22N2O2S/c1-8(2)15(13,14)12-7-9-5-3-4-6-10(9)11/h8-10,12H,3-7,11H2,1-2H3. The summed E-state index contributed by atoms with van der Waals surface area (Å²) in [6.45, 7) is 3.87. The van der Waals surface area contributed by atoms with Crippen molar-refractivity contribution in [3.8, 4) is 0 Å². The maximum absolute atomic E-state index is 11.5. The lowest BCUT2D eigenvalue weighted by molar-refractivity contribution is 0.308. The maximum atomic E-state index is 11.5. The van der Waals surface area contributed by atoms with Crippen molar-refractivity contribution in [2.75, 3.05) is 6.54 Å². The third kappa shape index (κ3) is 3.74. The van der Waals surface area contributed by atoms with Crippen molar-refractivity contribution < 1.29 is 8.42 Å². The smallest absolute Gasteiger partial charge is 0.213 e. The van der Waals surface area contributed by atoms with Crippen molar-refractivity contribution in [1.29, 1.82) is 0 Å². The van der Waals surface area contributed by atoms with E-state index in [0.29, 0.717) is 12.5 Å². The van der Waals surface area contributed by atoms with Crippen LogP contribution in [0.5, 0.6) is 0 Å². The van der Waals surface area contributed by atoms with Crippen LogP contribution in [0.4, 0.5) is 0 Å². The molecule has 4 nitrogen and oxygen atoms in total. The van der Waals surface area contributed by atoms with Gasteiger partial charge >= 0.3 is 0 Å². The van der Waals surface area contributed by atoms with Gasteiger partial charge in [-0.1, -0.05) is 12.8 Å². The molecule has 2 unspecified atom stereocenters. The molecular formula is C10H22N2O2S. The first-order valence-corrected chi connectivity index (χ1v) is 7.22. The minimum atomic E-state index is -3.13. The van der Waals surface area contributed by atoms with Gasteiger partial charge in [0.2, 0.25) is 10.0 Å². The van der Waals surface area contributed by atoms with Crippen LogP contribution in [0.15, 0.2) is 0 Å². The molecular weight excluding hydrogens is 212 g/mol. The number of rotatable bonds is 4. The molecule has 1 rings (SSSR count). The Labute approximate surface area is 92.7 Å². The molecule has 1 saturated carbocycles. The quantitative estimate of drug-likeness (QED) is 0.757. The highest BCUT2D eigenvalue weighted by Crippen LogP contribution is 2.22. The van der Waals surface area contributed by atoms with E-state index in [1.54, 1.807) is 13.8 Å². The zero-order valence-corrected chi connectivity index (χ0v) is 10.4. The van der Waals surface area contributed by atoms with Gasteiger partial charge < -0.3 is 5.73 Å². The van der Waals surface area contributed by atoms with Gasteiger partial charge in [-0.2, -0.15) is 0 Å². The second kappa shape index (κ2) is 5.27. The molecule has 5 heteroatoms. The summed E-state index contributed by atoms with van der Waals surface area (Å²) < 4.78 is 25.7. The van der Waals surface area contributed by atoms with E-state index >= 15 is 0 Å². The van der Waals surface area contributed by atoms with Crippen LogP contribution in [0.3, 0.4) is 0 Å².